The predicted molar refractivity (Wildman–Crippen MR) is 71.3 cm³/mol. The molecule has 1 unspecified atom stereocenters. The summed E-state index contributed by atoms with van der Waals surface area (Å²) in [7, 11) is 2.01. The second kappa shape index (κ2) is 6.62. The molecule has 0 aliphatic heterocycles. The van der Waals surface area contributed by atoms with Crippen LogP contribution in [0.4, 0.5) is 5.69 Å². The van der Waals surface area contributed by atoms with Crippen molar-refractivity contribution in [2.75, 3.05) is 18.5 Å². The van der Waals surface area contributed by atoms with Crippen LogP contribution in [-0.2, 0) is 0 Å². The minimum absolute atomic E-state index is 0.265. The van der Waals surface area contributed by atoms with E-state index in [-0.39, 0.29) is 12.2 Å². The number of aliphatic hydroxyl groups is 2. The lowest BCUT2D eigenvalue weighted by molar-refractivity contribution is 0.173. The minimum Gasteiger partial charge on any atom is -0.393 e. The molecule has 0 aliphatic carbocycles. The van der Waals surface area contributed by atoms with Gasteiger partial charge in [0.1, 0.15) is 0 Å². The highest BCUT2D eigenvalue weighted by Crippen LogP contribution is 2.20. The van der Waals surface area contributed by atoms with Crippen LogP contribution < -0.4 is 4.90 Å². The lowest BCUT2D eigenvalue weighted by Crippen LogP contribution is -2.21. The molecule has 0 aliphatic rings. The zero-order valence-corrected chi connectivity index (χ0v) is 10.9. The standard InChI is InChI=1S/C14H23NO2/c1-4-14(17)12-5-7-13(8-6-12)15(3)10-9-11(2)16/h5-8,11,14,16-17H,4,9-10H2,1-3H3/t11?,14-/m0/s1. The summed E-state index contributed by atoms with van der Waals surface area (Å²) in [6.07, 6.45) is 0.859. The van der Waals surface area contributed by atoms with Crippen molar-refractivity contribution in [1.29, 1.82) is 0 Å². The maximum Gasteiger partial charge on any atom is 0.0787 e. The number of aliphatic hydroxyl groups excluding tert-OH is 2. The Labute approximate surface area is 104 Å². The zero-order chi connectivity index (χ0) is 12.8. The van der Waals surface area contributed by atoms with Gasteiger partial charge in [0.25, 0.3) is 0 Å². The summed E-state index contributed by atoms with van der Waals surface area (Å²) >= 11 is 0. The maximum atomic E-state index is 9.69. The molecule has 1 rings (SSSR count). The van der Waals surface area contributed by atoms with Gasteiger partial charge in [-0.1, -0.05) is 19.1 Å². The van der Waals surface area contributed by atoms with Crippen molar-refractivity contribution in [3.8, 4) is 0 Å². The first-order chi connectivity index (χ1) is 8.04. The second-order valence-corrected chi connectivity index (χ2v) is 4.57. The lowest BCUT2D eigenvalue weighted by Gasteiger charge is -2.20. The molecule has 0 bridgehead atoms. The lowest BCUT2D eigenvalue weighted by atomic mass is 10.1. The van der Waals surface area contributed by atoms with Crippen LogP contribution in [0.15, 0.2) is 24.3 Å². The molecule has 0 saturated carbocycles. The molecule has 3 heteroatoms. The van der Waals surface area contributed by atoms with Gasteiger partial charge >= 0.3 is 0 Å². The molecule has 0 saturated heterocycles. The summed E-state index contributed by atoms with van der Waals surface area (Å²) in [6.45, 7) is 4.59. The average Bonchev–Trinajstić information content (AvgIpc) is 2.35. The van der Waals surface area contributed by atoms with E-state index >= 15 is 0 Å². The summed E-state index contributed by atoms with van der Waals surface area (Å²) < 4.78 is 0. The zero-order valence-electron chi connectivity index (χ0n) is 10.9. The van der Waals surface area contributed by atoms with Gasteiger partial charge in [0.05, 0.1) is 12.2 Å². The molecule has 0 radical (unpaired) electrons. The van der Waals surface area contributed by atoms with E-state index in [2.05, 4.69) is 4.90 Å². The Hall–Kier alpha value is -1.06. The molecule has 0 spiro atoms. The van der Waals surface area contributed by atoms with E-state index in [9.17, 15) is 10.2 Å². The third kappa shape index (κ3) is 4.36. The van der Waals surface area contributed by atoms with Gasteiger partial charge in [0.15, 0.2) is 0 Å². The van der Waals surface area contributed by atoms with E-state index in [1.54, 1.807) is 6.92 Å². The van der Waals surface area contributed by atoms with Crippen molar-refractivity contribution in [3.63, 3.8) is 0 Å². The topological polar surface area (TPSA) is 43.7 Å². The molecule has 0 amide bonds. The Balaban J connectivity index is 2.60. The molecule has 17 heavy (non-hydrogen) atoms. The molecule has 2 N–H and O–H groups in total. The first-order valence-electron chi connectivity index (χ1n) is 6.21. The Morgan fingerprint density at radius 2 is 1.76 bits per heavy atom. The summed E-state index contributed by atoms with van der Waals surface area (Å²) in [5.41, 5.74) is 2.07. The average molecular weight is 237 g/mol. The van der Waals surface area contributed by atoms with Crippen molar-refractivity contribution in [1.82, 2.24) is 0 Å². The fraction of sp³-hybridized carbons (Fsp3) is 0.571. The van der Waals surface area contributed by atoms with Crippen LogP contribution >= 0.6 is 0 Å². The Morgan fingerprint density at radius 3 is 2.24 bits per heavy atom. The number of hydrogen-bond acceptors (Lipinski definition) is 3. The molecule has 1 aromatic carbocycles. The Bertz CT molecular complexity index is 321. The monoisotopic (exact) mass is 237 g/mol. The highest BCUT2D eigenvalue weighted by Gasteiger charge is 2.06. The van der Waals surface area contributed by atoms with Crippen LogP contribution in [0.25, 0.3) is 0 Å². The van der Waals surface area contributed by atoms with E-state index in [1.807, 2.05) is 38.2 Å². The SMILES string of the molecule is CC[C@H](O)c1ccc(N(C)CCC(C)O)cc1. The highest BCUT2D eigenvalue weighted by atomic mass is 16.3. The first kappa shape index (κ1) is 14.0. The van der Waals surface area contributed by atoms with Crippen molar-refractivity contribution >= 4 is 5.69 Å². The van der Waals surface area contributed by atoms with Crippen molar-refractivity contribution < 1.29 is 10.2 Å². The van der Waals surface area contributed by atoms with Crippen LogP contribution in [0.2, 0.25) is 0 Å². The second-order valence-electron chi connectivity index (χ2n) is 4.57. The fourth-order valence-electron chi connectivity index (χ4n) is 1.70. The summed E-state index contributed by atoms with van der Waals surface area (Å²) in [5, 5.41) is 18.9. The number of rotatable bonds is 6. The molecule has 1 aromatic rings. The number of hydrogen-bond donors (Lipinski definition) is 2. The third-order valence-electron chi connectivity index (χ3n) is 2.99. The number of anilines is 1. The number of nitrogens with zero attached hydrogens (tertiary/aromatic N) is 1. The Morgan fingerprint density at radius 1 is 1.18 bits per heavy atom. The maximum absolute atomic E-state index is 9.69. The molecule has 0 heterocycles. The molecular formula is C14H23NO2. The van der Waals surface area contributed by atoms with E-state index < -0.39 is 0 Å². The summed E-state index contributed by atoms with van der Waals surface area (Å²) in [4.78, 5) is 2.11. The molecule has 96 valence electrons. The van der Waals surface area contributed by atoms with Crippen molar-refractivity contribution in [2.24, 2.45) is 0 Å². The van der Waals surface area contributed by atoms with Gasteiger partial charge in [-0.15, -0.1) is 0 Å². The Kier molecular flexibility index (Phi) is 5.45. The van der Waals surface area contributed by atoms with Gasteiger partial charge in [-0.3, -0.25) is 0 Å². The molecule has 0 aromatic heterocycles. The van der Waals surface area contributed by atoms with Gasteiger partial charge < -0.3 is 15.1 Å². The van der Waals surface area contributed by atoms with E-state index in [0.29, 0.717) is 0 Å². The van der Waals surface area contributed by atoms with Gasteiger partial charge in [0, 0.05) is 19.3 Å². The normalized spacial score (nSPS) is 14.4. The first-order valence-corrected chi connectivity index (χ1v) is 6.21. The molecular weight excluding hydrogens is 214 g/mol. The predicted octanol–water partition coefficient (Wildman–Crippen LogP) is 2.34. The smallest absolute Gasteiger partial charge is 0.0787 e. The van der Waals surface area contributed by atoms with Gasteiger partial charge in [-0.25, -0.2) is 0 Å². The quantitative estimate of drug-likeness (QED) is 0.798. The van der Waals surface area contributed by atoms with E-state index in [0.717, 1.165) is 30.6 Å². The van der Waals surface area contributed by atoms with E-state index in [1.165, 1.54) is 0 Å². The van der Waals surface area contributed by atoms with Gasteiger partial charge in [0.2, 0.25) is 0 Å². The van der Waals surface area contributed by atoms with Crippen LogP contribution in [0, 0.1) is 0 Å². The third-order valence-corrected chi connectivity index (χ3v) is 2.99. The molecule has 3 nitrogen and oxygen atoms in total. The largest absolute Gasteiger partial charge is 0.393 e. The fourth-order valence-corrected chi connectivity index (χ4v) is 1.70. The van der Waals surface area contributed by atoms with Gasteiger partial charge in [-0.2, -0.15) is 0 Å². The van der Waals surface area contributed by atoms with Crippen molar-refractivity contribution in [3.05, 3.63) is 29.8 Å². The highest BCUT2D eigenvalue weighted by molar-refractivity contribution is 5.47. The molecule has 2 atom stereocenters. The van der Waals surface area contributed by atoms with Crippen LogP contribution in [0.3, 0.4) is 0 Å². The minimum atomic E-state index is -0.369. The summed E-state index contributed by atoms with van der Waals surface area (Å²) in [5.74, 6) is 0. The van der Waals surface area contributed by atoms with Crippen LogP contribution in [0.1, 0.15) is 38.4 Å². The van der Waals surface area contributed by atoms with Crippen molar-refractivity contribution in [2.45, 2.75) is 38.9 Å². The van der Waals surface area contributed by atoms with Crippen LogP contribution in [0.5, 0.6) is 0 Å². The number of benzene rings is 1. The van der Waals surface area contributed by atoms with E-state index in [4.69, 9.17) is 0 Å². The van der Waals surface area contributed by atoms with Crippen LogP contribution in [-0.4, -0.2) is 29.9 Å². The molecule has 0 fully saturated rings. The van der Waals surface area contributed by atoms with Gasteiger partial charge in [-0.05, 0) is 37.5 Å². The summed E-state index contributed by atoms with van der Waals surface area (Å²) in [6, 6.07) is 7.94.